The lowest BCUT2D eigenvalue weighted by Crippen LogP contribution is -2.44. The van der Waals surface area contributed by atoms with Crippen molar-refractivity contribution in [3.63, 3.8) is 0 Å². The molecule has 9 nitrogen and oxygen atoms in total. The van der Waals surface area contributed by atoms with Crippen molar-refractivity contribution in [1.82, 2.24) is 40.6 Å². The number of piperazine rings is 1. The maximum atomic E-state index is 5.65. The van der Waals surface area contributed by atoms with E-state index in [1.54, 1.807) is 4.68 Å². The van der Waals surface area contributed by atoms with E-state index in [1.807, 2.05) is 25.1 Å². The highest BCUT2D eigenvalue weighted by atomic mass is 16.5. The summed E-state index contributed by atoms with van der Waals surface area (Å²) in [6.45, 7) is 4.60. The molecule has 136 valence electrons. The second-order valence-electron chi connectivity index (χ2n) is 6.57. The van der Waals surface area contributed by atoms with Gasteiger partial charge in [0.1, 0.15) is 11.9 Å². The lowest BCUT2D eigenvalue weighted by molar-refractivity contribution is 0.190. The van der Waals surface area contributed by atoms with E-state index < -0.39 is 0 Å². The van der Waals surface area contributed by atoms with Gasteiger partial charge in [0.25, 0.3) is 5.89 Å². The predicted molar refractivity (Wildman–Crippen MR) is 93.4 cm³/mol. The molecule has 1 fully saturated rings. The number of hydrogen-bond acceptors (Lipinski definition) is 8. The fourth-order valence-electron chi connectivity index (χ4n) is 3.25. The summed E-state index contributed by atoms with van der Waals surface area (Å²) in [5.41, 5.74) is 1.16. The van der Waals surface area contributed by atoms with E-state index in [1.165, 1.54) is 0 Å². The van der Waals surface area contributed by atoms with E-state index in [0.29, 0.717) is 24.0 Å². The molecule has 0 spiro atoms. The number of benzene rings is 1. The van der Waals surface area contributed by atoms with Crippen molar-refractivity contribution in [2.75, 3.05) is 26.7 Å². The van der Waals surface area contributed by atoms with Gasteiger partial charge in [-0.25, -0.2) is 4.68 Å². The number of hydrogen-bond donors (Lipinski definition) is 1. The summed E-state index contributed by atoms with van der Waals surface area (Å²) in [6, 6.07) is 10.0. The van der Waals surface area contributed by atoms with Crippen molar-refractivity contribution in [3.8, 4) is 0 Å². The minimum atomic E-state index is -0.240. The van der Waals surface area contributed by atoms with Gasteiger partial charge in [0.2, 0.25) is 0 Å². The highest BCUT2D eigenvalue weighted by Crippen LogP contribution is 2.25. The number of nitrogens with one attached hydrogen (secondary N) is 1. The Morgan fingerprint density at radius 1 is 1.31 bits per heavy atom. The molecule has 0 saturated carbocycles. The average Bonchev–Trinajstić information content (AvgIpc) is 3.30. The molecule has 1 aliphatic heterocycles. The molecule has 26 heavy (non-hydrogen) atoms. The van der Waals surface area contributed by atoms with Gasteiger partial charge in [-0.15, -0.1) is 5.10 Å². The van der Waals surface area contributed by atoms with Crippen LogP contribution < -0.4 is 5.32 Å². The number of tetrazole rings is 1. The maximum Gasteiger partial charge on any atom is 0.252 e. The summed E-state index contributed by atoms with van der Waals surface area (Å²) in [7, 11) is 2.08. The summed E-state index contributed by atoms with van der Waals surface area (Å²) in [6.07, 6.45) is 0.674. The van der Waals surface area contributed by atoms with E-state index in [0.717, 1.165) is 25.2 Å². The van der Waals surface area contributed by atoms with E-state index in [9.17, 15) is 0 Å². The predicted octanol–water partition coefficient (Wildman–Crippen LogP) is 0.773. The Morgan fingerprint density at radius 2 is 2.15 bits per heavy atom. The molecule has 2 atom stereocenters. The topological polar surface area (TPSA) is 97.8 Å². The van der Waals surface area contributed by atoms with Gasteiger partial charge < -0.3 is 9.84 Å². The van der Waals surface area contributed by atoms with Crippen LogP contribution in [0.5, 0.6) is 0 Å². The zero-order valence-electron chi connectivity index (χ0n) is 14.9. The number of nitrogens with zero attached hydrogens (tertiary/aromatic N) is 7. The van der Waals surface area contributed by atoms with Crippen LogP contribution in [0.1, 0.15) is 35.2 Å². The van der Waals surface area contributed by atoms with Crippen LogP contribution in [-0.4, -0.2) is 61.9 Å². The van der Waals surface area contributed by atoms with Crippen molar-refractivity contribution in [1.29, 1.82) is 0 Å². The van der Waals surface area contributed by atoms with Crippen LogP contribution in [0.3, 0.4) is 0 Å². The molecule has 2 aromatic heterocycles. The maximum absolute atomic E-state index is 5.65. The summed E-state index contributed by atoms with van der Waals surface area (Å²) < 4.78 is 7.39. The molecule has 4 rings (SSSR count). The molecule has 0 bridgehead atoms. The zero-order chi connectivity index (χ0) is 17.9. The lowest BCUT2D eigenvalue weighted by atomic mass is 10.1. The first kappa shape index (κ1) is 16.8. The first-order valence-corrected chi connectivity index (χ1v) is 8.75. The molecule has 9 heteroatoms. The third-order valence-corrected chi connectivity index (χ3v) is 4.78. The van der Waals surface area contributed by atoms with Crippen LogP contribution in [-0.2, 0) is 6.42 Å². The first-order chi connectivity index (χ1) is 12.7. The fourth-order valence-corrected chi connectivity index (χ4v) is 3.25. The molecule has 0 aliphatic carbocycles. The SMILES string of the molecule is Cc1nnnn1C(Cc1ccccc1)c1nc(C2CNCCN2C)no1. The Bertz CT molecular complexity index is 845. The molecule has 1 N–H and O–H groups in total. The van der Waals surface area contributed by atoms with E-state index in [2.05, 4.69) is 50.1 Å². The Labute approximate surface area is 151 Å². The quantitative estimate of drug-likeness (QED) is 0.718. The summed E-state index contributed by atoms with van der Waals surface area (Å²) in [5, 5.41) is 19.5. The van der Waals surface area contributed by atoms with Gasteiger partial charge in [-0.1, -0.05) is 35.5 Å². The van der Waals surface area contributed by atoms with Gasteiger partial charge in [-0.2, -0.15) is 4.98 Å². The summed E-state index contributed by atoms with van der Waals surface area (Å²) in [4.78, 5) is 6.94. The third-order valence-electron chi connectivity index (χ3n) is 4.78. The largest absolute Gasteiger partial charge is 0.337 e. The van der Waals surface area contributed by atoms with Gasteiger partial charge >= 0.3 is 0 Å². The monoisotopic (exact) mass is 354 g/mol. The standard InChI is InChI=1S/C17H22N8O/c1-12-20-22-23-25(12)14(10-13-6-4-3-5-7-13)17-19-16(21-26-17)15-11-18-8-9-24(15)2/h3-7,14-15,18H,8-11H2,1-2H3. The second kappa shape index (κ2) is 7.30. The molecule has 0 amide bonds. The fraction of sp³-hybridized carbons (Fsp3) is 0.471. The van der Waals surface area contributed by atoms with Crippen LogP contribution in [0, 0.1) is 6.92 Å². The molecule has 1 aliphatic rings. The summed E-state index contributed by atoms with van der Waals surface area (Å²) in [5.74, 6) is 1.93. The van der Waals surface area contributed by atoms with Crippen molar-refractivity contribution in [2.24, 2.45) is 0 Å². The van der Waals surface area contributed by atoms with Crippen LogP contribution in [0.25, 0.3) is 0 Å². The number of aryl methyl sites for hydroxylation is 1. The Morgan fingerprint density at radius 3 is 2.88 bits per heavy atom. The third kappa shape index (κ3) is 3.35. The van der Waals surface area contributed by atoms with Gasteiger partial charge in [0, 0.05) is 26.1 Å². The number of aromatic nitrogens is 6. The van der Waals surface area contributed by atoms with Crippen molar-refractivity contribution in [2.45, 2.75) is 25.4 Å². The highest BCUT2D eigenvalue weighted by Gasteiger charge is 2.29. The van der Waals surface area contributed by atoms with E-state index in [-0.39, 0.29) is 12.1 Å². The van der Waals surface area contributed by atoms with Crippen LogP contribution in [0.4, 0.5) is 0 Å². The molecular formula is C17H22N8O. The number of rotatable bonds is 5. The van der Waals surface area contributed by atoms with Crippen LogP contribution >= 0.6 is 0 Å². The smallest absolute Gasteiger partial charge is 0.252 e. The lowest BCUT2D eigenvalue weighted by Gasteiger charge is -2.30. The first-order valence-electron chi connectivity index (χ1n) is 8.75. The van der Waals surface area contributed by atoms with Crippen molar-refractivity contribution in [3.05, 3.63) is 53.4 Å². The Balaban J connectivity index is 1.65. The van der Waals surface area contributed by atoms with Gasteiger partial charge in [-0.05, 0) is 30.0 Å². The molecular weight excluding hydrogens is 332 g/mol. The molecule has 3 aromatic rings. The van der Waals surface area contributed by atoms with E-state index in [4.69, 9.17) is 9.51 Å². The minimum Gasteiger partial charge on any atom is -0.337 e. The molecule has 3 heterocycles. The highest BCUT2D eigenvalue weighted by molar-refractivity contribution is 5.17. The van der Waals surface area contributed by atoms with Gasteiger partial charge in [-0.3, -0.25) is 4.90 Å². The Hall–Kier alpha value is -2.65. The van der Waals surface area contributed by atoms with Gasteiger partial charge in [0.15, 0.2) is 5.82 Å². The molecule has 2 unspecified atom stereocenters. The number of likely N-dealkylation sites (N-methyl/N-ethyl adjacent to an activating group) is 1. The molecule has 1 saturated heterocycles. The average molecular weight is 354 g/mol. The Kier molecular flexibility index (Phi) is 4.72. The summed E-state index contributed by atoms with van der Waals surface area (Å²) >= 11 is 0. The van der Waals surface area contributed by atoms with Crippen LogP contribution in [0.2, 0.25) is 0 Å². The van der Waals surface area contributed by atoms with E-state index >= 15 is 0 Å². The second-order valence-corrected chi connectivity index (χ2v) is 6.57. The zero-order valence-corrected chi connectivity index (χ0v) is 14.9. The van der Waals surface area contributed by atoms with Gasteiger partial charge in [0.05, 0.1) is 6.04 Å². The molecule has 1 aromatic carbocycles. The van der Waals surface area contributed by atoms with Crippen LogP contribution in [0.15, 0.2) is 34.9 Å². The minimum absolute atomic E-state index is 0.105. The molecule has 0 radical (unpaired) electrons. The normalized spacial score (nSPS) is 19.5. The van der Waals surface area contributed by atoms with Crippen molar-refractivity contribution >= 4 is 0 Å². The van der Waals surface area contributed by atoms with Crippen molar-refractivity contribution < 1.29 is 4.52 Å².